The van der Waals surface area contributed by atoms with Crippen LogP contribution in [-0.4, -0.2) is 11.0 Å². The predicted molar refractivity (Wildman–Crippen MR) is 85.5 cm³/mol. The highest BCUT2D eigenvalue weighted by molar-refractivity contribution is 6.04. The molecule has 0 aliphatic carbocycles. The average molecular weight is 283 g/mol. The van der Waals surface area contributed by atoms with E-state index in [0.717, 1.165) is 23.2 Å². The third-order valence-electron chi connectivity index (χ3n) is 3.75. The summed E-state index contributed by atoms with van der Waals surface area (Å²) in [6.07, 6.45) is 1.03. The zero-order valence-corrected chi connectivity index (χ0v) is 12.5. The van der Waals surface area contributed by atoms with Crippen LogP contribution in [0.4, 0.5) is 5.69 Å². The number of carbonyl (C=O) groups excluding carboxylic acids is 1. The highest BCUT2D eigenvalue weighted by Crippen LogP contribution is 2.26. The summed E-state index contributed by atoms with van der Waals surface area (Å²) in [5.74, 6) is 0.272. The lowest BCUT2D eigenvalue weighted by atomic mass is 9.97. The number of aliphatic hydroxyl groups is 1. The molecule has 2 N–H and O–H groups in total. The fraction of sp³-hybridized carbons (Fsp3) is 0.278. The van der Waals surface area contributed by atoms with Crippen LogP contribution in [-0.2, 0) is 6.61 Å². The minimum Gasteiger partial charge on any atom is -0.392 e. The fourth-order valence-electron chi connectivity index (χ4n) is 2.22. The third-order valence-corrected chi connectivity index (χ3v) is 3.75. The summed E-state index contributed by atoms with van der Waals surface area (Å²) < 4.78 is 0. The molecule has 0 unspecified atom stereocenters. The molecule has 2 rings (SSSR count). The van der Waals surface area contributed by atoms with E-state index in [9.17, 15) is 4.79 Å². The van der Waals surface area contributed by atoms with E-state index in [0.29, 0.717) is 11.5 Å². The van der Waals surface area contributed by atoms with E-state index in [1.807, 2.05) is 18.2 Å². The highest BCUT2D eigenvalue weighted by atomic mass is 16.3. The molecule has 110 valence electrons. The van der Waals surface area contributed by atoms with Gasteiger partial charge in [0.1, 0.15) is 0 Å². The molecule has 0 aromatic heterocycles. The smallest absolute Gasteiger partial charge is 0.255 e. The van der Waals surface area contributed by atoms with Crippen LogP contribution in [0.15, 0.2) is 48.5 Å². The van der Waals surface area contributed by atoms with Gasteiger partial charge < -0.3 is 10.4 Å². The second-order valence-electron chi connectivity index (χ2n) is 5.21. The van der Waals surface area contributed by atoms with Gasteiger partial charge in [0.25, 0.3) is 5.91 Å². The maximum atomic E-state index is 12.3. The Hall–Kier alpha value is -2.13. The summed E-state index contributed by atoms with van der Waals surface area (Å²) in [5.41, 5.74) is 3.40. The first-order chi connectivity index (χ1) is 10.2. The van der Waals surface area contributed by atoms with E-state index in [1.54, 1.807) is 24.3 Å². The van der Waals surface area contributed by atoms with Crippen molar-refractivity contribution in [3.8, 4) is 0 Å². The molecule has 0 saturated carbocycles. The summed E-state index contributed by atoms with van der Waals surface area (Å²) in [4.78, 5) is 12.3. The lowest BCUT2D eigenvalue weighted by Gasteiger charge is -2.15. The topological polar surface area (TPSA) is 49.3 Å². The van der Waals surface area contributed by atoms with E-state index in [1.165, 1.54) is 0 Å². The molecule has 0 spiro atoms. The van der Waals surface area contributed by atoms with Gasteiger partial charge in [-0.1, -0.05) is 44.2 Å². The van der Waals surface area contributed by atoms with Gasteiger partial charge in [-0.05, 0) is 41.7 Å². The van der Waals surface area contributed by atoms with Crippen LogP contribution in [0.5, 0.6) is 0 Å². The summed E-state index contributed by atoms with van der Waals surface area (Å²) in [6.45, 7) is 4.27. The highest BCUT2D eigenvalue weighted by Gasteiger charge is 2.12. The molecule has 0 saturated heterocycles. The zero-order chi connectivity index (χ0) is 15.2. The Morgan fingerprint density at radius 2 is 1.81 bits per heavy atom. The number of amides is 1. The lowest BCUT2D eigenvalue weighted by Crippen LogP contribution is -2.14. The number of nitrogens with one attached hydrogen (secondary N) is 1. The van der Waals surface area contributed by atoms with Gasteiger partial charge in [-0.15, -0.1) is 0 Å². The normalized spacial score (nSPS) is 12.0. The number of benzene rings is 2. The van der Waals surface area contributed by atoms with Crippen LogP contribution in [0.3, 0.4) is 0 Å². The van der Waals surface area contributed by atoms with Crippen molar-refractivity contribution in [3.63, 3.8) is 0 Å². The van der Waals surface area contributed by atoms with E-state index in [-0.39, 0.29) is 12.5 Å². The van der Waals surface area contributed by atoms with Gasteiger partial charge in [0.05, 0.1) is 6.61 Å². The van der Waals surface area contributed by atoms with Crippen LogP contribution in [0.2, 0.25) is 0 Å². The number of carbonyl (C=O) groups is 1. The second kappa shape index (κ2) is 7.04. The Balaban J connectivity index is 2.19. The molecular weight excluding hydrogens is 262 g/mol. The van der Waals surface area contributed by atoms with Gasteiger partial charge in [-0.25, -0.2) is 0 Å². The fourth-order valence-corrected chi connectivity index (χ4v) is 2.22. The molecule has 0 aliphatic heterocycles. The van der Waals surface area contributed by atoms with Crippen LogP contribution < -0.4 is 5.32 Å². The summed E-state index contributed by atoms with van der Waals surface area (Å²) >= 11 is 0. The third kappa shape index (κ3) is 3.70. The standard InChI is InChI=1S/C18H21NO2/c1-3-13(2)16-6-4-5-7-17(16)19-18(21)15-10-8-14(12-20)9-11-15/h4-11,13,20H,3,12H2,1-2H3,(H,19,21)/t13-/m0/s1. The largest absolute Gasteiger partial charge is 0.392 e. The van der Waals surface area contributed by atoms with Crippen LogP contribution in [0.25, 0.3) is 0 Å². The van der Waals surface area contributed by atoms with Crippen molar-refractivity contribution in [3.05, 3.63) is 65.2 Å². The van der Waals surface area contributed by atoms with Crippen molar-refractivity contribution in [2.45, 2.75) is 32.8 Å². The van der Waals surface area contributed by atoms with Crippen molar-refractivity contribution in [2.24, 2.45) is 0 Å². The summed E-state index contributed by atoms with van der Waals surface area (Å²) in [7, 11) is 0. The van der Waals surface area contributed by atoms with Crippen LogP contribution in [0, 0.1) is 0 Å². The maximum Gasteiger partial charge on any atom is 0.255 e. The Bertz CT molecular complexity index is 605. The Morgan fingerprint density at radius 1 is 1.14 bits per heavy atom. The molecule has 2 aromatic carbocycles. The van der Waals surface area contributed by atoms with Gasteiger partial charge in [0.2, 0.25) is 0 Å². The molecule has 0 aliphatic rings. The molecule has 1 amide bonds. The number of aliphatic hydroxyl groups excluding tert-OH is 1. The van der Waals surface area contributed by atoms with Gasteiger partial charge in [0, 0.05) is 11.3 Å². The minimum absolute atomic E-state index is 0.0151. The predicted octanol–water partition coefficient (Wildman–Crippen LogP) is 3.94. The van der Waals surface area contributed by atoms with E-state index >= 15 is 0 Å². The quantitative estimate of drug-likeness (QED) is 0.873. The molecule has 2 aromatic rings. The molecule has 0 radical (unpaired) electrons. The molecule has 3 heteroatoms. The molecule has 21 heavy (non-hydrogen) atoms. The van der Waals surface area contributed by atoms with Crippen LogP contribution >= 0.6 is 0 Å². The van der Waals surface area contributed by atoms with Crippen molar-refractivity contribution < 1.29 is 9.90 Å². The number of anilines is 1. The number of hydrogen-bond acceptors (Lipinski definition) is 2. The number of rotatable bonds is 5. The monoisotopic (exact) mass is 283 g/mol. The molecule has 1 atom stereocenters. The van der Waals surface area contributed by atoms with Crippen molar-refractivity contribution in [1.82, 2.24) is 0 Å². The number of para-hydroxylation sites is 1. The van der Waals surface area contributed by atoms with E-state index < -0.39 is 0 Å². The van der Waals surface area contributed by atoms with Crippen LogP contribution in [0.1, 0.15) is 47.7 Å². The maximum absolute atomic E-state index is 12.3. The van der Waals surface area contributed by atoms with Crippen molar-refractivity contribution >= 4 is 11.6 Å². The van der Waals surface area contributed by atoms with Gasteiger partial charge in [0.15, 0.2) is 0 Å². The molecular formula is C18H21NO2. The van der Waals surface area contributed by atoms with E-state index in [2.05, 4.69) is 25.2 Å². The first-order valence-corrected chi connectivity index (χ1v) is 7.25. The van der Waals surface area contributed by atoms with Gasteiger partial charge in [-0.3, -0.25) is 4.79 Å². The first-order valence-electron chi connectivity index (χ1n) is 7.25. The molecule has 3 nitrogen and oxygen atoms in total. The number of hydrogen-bond donors (Lipinski definition) is 2. The van der Waals surface area contributed by atoms with E-state index in [4.69, 9.17) is 5.11 Å². The van der Waals surface area contributed by atoms with Gasteiger partial charge >= 0.3 is 0 Å². The van der Waals surface area contributed by atoms with Gasteiger partial charge in [-0.2, -0.15) is 0 Å². The molecule has 0 fully saturated rings. The molecule has 0 bridgehead atoms. The lowest BCUT2D eigenvalue weighted by molar-refractivity contribution is 0.102. The molecule has 0 heterocycles. The Kier molecular flexibility index (Phi) is 5.12. The van der Waals surface area contributed by atoms with Crippen molar-refractivity contribution in [2.75, 3.05) is 5.32 Å². The summed E-state index contributed by atoms with van der Waals surface area (Å²) in [5, 5.41) is 12.0. The SMILES string of the molecule is CC[C@H](C)c1ccccc1NC(=O)c1ccc(CO)cc1. The Morgan fingerprint density at radius 3 is 2.43 bits per heavy atom. The second-order valence-corrected chi connectivity index (χ2v) is 5.21. The average Bonchev–Trinajstić information content (AvgIpc) is 2.54. The zero-order valence-electron chi connectivity index (χ0n) is 12.5. The Labute approximate surface area is 125 Å². The summed E-state index contributed by atoms with van der Waals surface area (Å²) in [6, 6.07) is 14.9. The minimum atomic E-state index is -0.129. The first kappa shape index (κ1) is 15.3. The van der Waals surface area contributed by atoms with Crippen molar-refractivity contribution in [1.29, 1.82) is 0 Å².